The molecule has 3 N–H and O–H groups in total. The largest absolute Gasteiger partial charge is 0.318 e. The van der Waals surface area contributed by atoms with Crippen LogP contribution >= 0.6 is 0 Å². The summed E-state index contributed by atoms with van der Waals surface area (Å²) in [5.74, 6) is 0. The topological polar surface area (TPSA) is 38.0 Å². The molecule has 2 nitrogen and oxygen atoms in total. The summed E-state index contributed by atoms with van der Waals surface area (Å²) in [5.41, 5.74) is 11.0. The van der Waals surface area contributed by atoms with Crippen LogP contribution < -0.4 is 11.1 Å². The second-order valence-electron chi connectivity index (χ2n) is 3.75. The van der Waals surface area contributed by atoms with E-state index in [0.717, 1.165) is 13.0 Å². The Kier molecular flexibility index (Phi) is 4.11. The smallest absolute Gasteiger partial charge is 0.0428 e. The summed E-state index contributed by atoms with van der Waals surface area (Å²) in [6.45, 7) is 8.05. The van der Waals surface area contributed by atoms with Crippen LogP contribution in [0.4, 0.5) is 0 Å². The Balaban J connectivity index is 2.73. The van der Waals surface area contributed by atoms with E-state index in [-0.39, 0.29) is 0 Å². The summed E-state index contributed by atoms with van der Waals surface area (Å²) in [6.07, 6.45) is 1.06. The van der Waals surface area contributed by atoms with E-state index in [1.54, 1.807) is 0 Å². The number of nitrogens with one attached hydrogen (secondary N) is 1. The van der Waals surface area contributed by atoms with Crippen molar-refractivity contribution in [3.05, 3.63) is 34.4 Å². The van der Waals surface area contributed by atoms with Crippen molar-refractivity contribution in [1.82, 2.24) is 5.32 Å². The van der Waals surface area contributed by atoms with Gasteiger partial charge in [-0.05, 0) is 49.4 Å². The van der Waals surface area contributed by atoms with Crippen LogP contribution in [-0.2, 0) is 6.42 Å². The molecule has 0 radical (unpaired) electrons. The molecule has 0 aliphatic rings. The predicted octanol–water partition coefficient (Wildman–Crippen LogP) is 1.66. The van der Waals surface area contributed by atoms with Crippen molar-refractivity contribution in [1.29, 1.82) is 0 Å². The predicted molar refractivity (Wildman–Crippen MR) is 61.4 cm³/mol. The molecule has 1 aromatic carbocycles. The third-order valence-electron chi connectivity index (χ3n) is 2.89. The fourth-order valence-corrected chi connectivity index (χ4v) is 1.61. The van der Waals surface area contributed by atoms with Crippen LogP contribution in [0.3, 0.4) is 0 Å². The zero-order valence-corrected chi connectivity index (χ0v) is 9.35. The number of hydrogen-bond acceptors (Lipinski definition) is 2. The molecule has 0 aliphatic carbocycles. The van der Waals surface area contributed by atoms with Gasteiger partial charge < -0.3 is 11.1 Å². The molecule has 0 aromatic heterocycles. The number of benzene rings is 1. The number of nitrogens with two attached hydrogens (primary N) is 1. The van der Waals surface area contributed by atoms with Crippen molar-refractivity contribution in [3.63, 3.8) is 0 Å². The van der Waals surface area contributed by atoms with Crippen LogP contribution in [-0.4, -0.2) is 13.2 Å². The Morgan fingerprint density at radius 1 is 1.14 bits per heavy atom. The molecule has 0 heterocycles. The standard InChI is InChI=1S/C12H20N2/c1-9-4-5-12(6-7-14-8-13)11(3)10(9)2/h4-5,14H,6-8,13H2,1-3H3. The highest BCUT2D eigenvalue weighted by Crippen LogP contribution is 2.17. The summed E-state index contributed by atoms with van der Waals surface area (Å²) in [7, 11) is 0. The van der Waals surface area contributed by atoms with Gasteiger partial charge in [0.05, 0.1) is 0 Å². The Bertz CT molecular complexity index is 305. The molecule has 0 saturated heterocycles. The molecule has 2 heteroatoms. The first-order chi connectivity index (χ1) is 6.66. The highest BCUT2D eigenvalue weighted by molar-refractivity contribution is 5.38. The molecule has 1 aromatic rings. The second-order valence-corrected chi connectivity index (χ2v) is 3.75. The van der Waals surface area contributed by atoms with E-state index in [1.165, 1.54) is 22.3 Å². The first-order valence-electron chi connectivity index (χ1n) is 5.13. The Morgan fingerprint density at radius 2 is 1.86 bits per heavy atom. The fraction of sp³-hybridized carbons (Fsp3) is 0.500. The minimum atomic E-state index is 0.559. The molecule has 0 fully saturated rings. The van der Waals surface area contributed by atoms with Gasteiger partial charge in [0.1, 0.15) is 0 Å². The lowest BCUT2D eigenvalue weighted by molar-refractivity contribution is 0.699. The van der Waals surface area contributed by atoms with Gasteiger partial charge in [-0.15, -0.1) is 0 Å². The van der Waals surface area contributed by atoms with E-state index in [2.05, 4.69) is 38.2 Å². The van der Waals surface area contributed by atoms with Gasteiger partial charge in [0.25, 0.3) is 0 Å². The molecule has 0 saturated carbocycles. The van der Waals surface area contributed by atoms with Crippen LogP contribution in [0.5, 0.6) is 0 Å². The van der Waals surface area contributed by atoms with Gasteiger partial charge in [0.2, 0.25) is 0 Å². The van der Waals surface area contributed by atoms with E-state index in [1.807, 2.05) is 0 Å². The summed E-state index contributed by atoms with van der Waals surface area (Å²) < 4.78 is 0. The van der Waals surface area contributed by atoms with E-state index < -0.39 is 0 Å². The highest BCUT2D eigenvalue weighted by Gasteiger charge is 2.02. The Hall–Kier alpha value is -0.860. The van der Waals surface area contributed by atoms with Gasteiger partial charge in [-0.1, -0.05) is 12.1 Å². The molecule has 14 heavy (non-hydrogen) atoms. The summed E-state index contributed by atoms with van der Waals surface area (Å²) in [5, 5.41) is 3.14. The number of rotatable bonds is 4. The van der Waals surface area contributed by atoms with Crippen molar-refractivity contribution in [2.75, 3.05) is 13.2 Å². The number of aryl methyl sites for hydroxylation is 1. The normalized spacial score (nSPS) is 10.6. The zero-order valence-electron chi connectivity index (χ0n) is 9.35. The summed E-state index contributed by atoms with van der Waals surface area (Å²) >= 11 is 0. The monoisotopic (exact) mass is 192 g/mol. The molecule has 0 bridgehead atoms. The highest BCUT2D eigenvalue weighted by atomic mass is 14.9. The molecule has 0 atom stereocenters. The van der Waals surface area contributed by atoms with E-state index in [4.69, 9.17) is 5.73 Å². The van der Waals surface area contributed by atoms with E-state index >= 15 is 0 Å². The molecule has 0 aliphatic heterocycles. The van der Waals surface area contributed by atoms with Crippen LogP contribution in [0.25, 0.3) is 0 Å². The van der Waals surface area contributed by atoms with Crippen molar-refractivity contribution in [2.24, 2.45) is 5.73 Å². The van der Waals surface area contributed by atoms with Crippen LogP contribution in [0.15, 0.2) is 12.1 Å². The van der Waals surface area contributed by atoms with Crippen LogP contribution in [0, 0.1) is 20.8 Å². The van der Waals surface area contributed by atoms with E-state index in [9.17, 15) is 0 Å². The van der Waals surface area contributed by atoms with E-state index in [0.29, 0.717) is 6.67 Å². The van der Waals surface area contributed by atoms with Gasteiger partial charge in [-0.3, -0.25) is 0 Å². The third kappa shape index (κ3) is 2.56. The lowest BCUT2D eigenvalue weighted by Gasteiger charge is -2.11. The second kappa shape index (κ2) is 5.13. The van der Waals surface area contributed by atoms with Gasteiger partial charge >= 0.3 is 0 Å². The van der Waals surface area contributed by atoms with Crippen LogP contribution in [0.2, 0.25) is 0 Å². The summed E-state index contributed by atoms with van der Waals surface area (Å²) in [6, 6.07) is 4.41. The summed E-state index contributed by atoms with van der Waals surface area (Å²) in [4.78, 5) is 0. The van der Waals surface area contributed by atoms with Gasteiger partial charge in [-0.2, -0.15) is 0 Å². The van der Waals surface area contributed by atoms with Crippen molar-refractivity contribution in [3.8, 4) is 0 Å². The maximum Gasteiger partial charge on any atom is 0.0428 e. The lowest BCUT2D eigenvalue weighted by atomic mass is 9.97. The Morgan fingerprint density at radius 3 is 2.50 bits per heavy atom. The third-order valence-corrected chi connectivity index (χ3v) is 2.89. The van der Waals surface area contributed by atoms with Gasteiger partial charge in [0.15, 0.2) is 0 Å². The van der Waals surface area contributed by atoms with Crippen molar-refractivity contribution < 1.29 is 0 Å². The molecule has 0 spiro atoms. The maximum atomic E-state index is 5.37. The average molecular weight is 192 g/mol. The zero-order chi connectivity index (χ0) is 10.6. The molecular weight excluding hydrogens is 172 g/mol. The maximum absolute atomic E-state index is 5.37. The SMILES string of the molecule is Cc1ccc(CCNCN)c(C)c1C. The molecule has 0 unspecified atom stereocenters. The Labute approximate surface area is 86.5 Å². The minimum Gasteiger partial charge on any atom is -0.318 e. The molecular formula is C12H20N2. The van der Waals surface area contributed by atoms with Crippen molar-refractivity contribution >= 4 is 0 Å². The quantitative estimate of drug-likeness (QED) is 0.562. The van der Waals surface area contributed by atoms with Crippen molar-refractivity contribution in [2.45, 2.75) is 27.2 Å². The first-order valence-corrected chi connectivity index (χ1v) is 5.13. The molecule has 0 amide bonds. The fourth-order valence-electron chi connectivity index (χ4n) is 1.61. The minimum absolute atomic E-state index is 0.559. The van der Waals surface area contributed by atoms with Gasteiger partial charge in [-0.25, -0.2) is 0 Å². The molecule has 78 valence electrons. The van der Waals surface area contributed by atoms with Gasteiger partial charge in [0, 0.05) is 13.2 Å². The average Bonchev–Trinajstić information content (AvgIpc) is 2.18. The number of hydrogen-bond donors (Lipinski definition) is 2. The molecule has 1 rings (SSSR count). The first kappa shape index (κ1) is 11.2. The lowest BCUT2D eigenvalue weighted by Crippen LogP contribution is -2.24. The van der Waals surface area contributed by atoms with Crippen LogP contribution in [0.1, 0.15) is 22.3 Å².